The van der Waals surface area contributed by atoms with Crippen molar-refractivity contribution in [1.82, 2.24) is 5.32 Å². The maximum Gasteiger partial charge on any atom is 0.0462 e. The van der Waals surface area contributed by atoms with Crippen molar-refractivity contribution in [1.29, 1.82) is 0 Å². The number of hydrogen-bond donors (Lipinski definition) is 2. The molecular formula is C16H31NO. The molecule has 2 fully saturated rings. The standard InChI is InChI=1S/C16H31NO/c18-13-16-10-6-5-9-15(16)12-17-11-14-7-3-1-2-4-8-14/h14-18H,1-13H2. The van der Waals surface area contributed by atoms with Gasteiger partial charge in [0.15, 0.2) is 0 Å². The molecule has 2 heteroatoms. The Labute approximate surface area is 113 Å². The lowest BCUT2D eigenvalue weighted by Crippen LogP contribution is -2.34. The van der Waals surface area contributed by atoms with E-state index in [1.54, 1.807) is 0 Å². The molecule has 18 heavy (non-hydrogen) atoms. The van der Waals surface area contributed by atoms with Crippen molar-refractivity contribution >= 4 is 0 Å². The third kappa shape index (κ3) is 4.55. The van der Waals surface area contributed by atoms with Crippen molar-refractivity contribution < 1.29 is 5.11 Å². The second kappa shape index (κ2) is 8.16. The van der Waals surface area contributed by atoms with Crippen molar-refractivity contribution in [3.8, 4) is 0 Å². The van der Waals surface area contributed by atoms with E-state index in [0.717, 1.165) is 18.4 Å². The average Bonchev–Trinajstić information content (AvgIpc) is 2.68. The number of nitrogens with one attached hydrogen (secondary N) is 1. The van der Waals surface area contributed by atoms with Gasteiger partial charge in [-0.1, -0.05) is 38.5 Å². The molecule has 0 amide bonds. The summed E-state index contributed by atoms with van der Waals surface area (Å²) in [6.07, 6.45) is 13.9. The topological polar surface area (TPSA) is 32.3 Å². The number of aliphatic hydroxyl groups excluding tert-OH is 1. The van der Waals surface area contributed by atoms with Crippen LogP contribution in [0, 0.1) is 17.8 Å². The zero-order valence-corrected chi connectivity index (χ0v) is 11.9. The molecule has 0 heterocycles. The first-order valence-corrected chi connectivity index (χ1v) is 8.21. The van der Waals surface area contributed by atoms with Crippen LogP contribution in [-0.2, 0) is 0 Å². The van der Waals surface area contributed by atoms with Crippen molar-refractivity contribution in [3.63, 3.8) is 0 Å². The summed E-state index contributed by atoms with van der Waals surface area (Å²) < 4.78 is 0. The third-order valence-electron chi connectivity index (χ3n) is 5.12. The molecular weight excluding hydrogens is 222 g/mol. The smallest absolute Gasteiger partial charge is 0.0462 e. The first-order chi connectivity index (χ1) is 8.90. The Kier molecular flexibility index (Phi) is 6.50. The summed E-state index contributed by atoms with van der Waals surface area (Å²) in [5, 5.41) is 13.1. The Hall–Kier alpha value is -0.0800. The van der Waals surface area contributed by atoms with E-state index in [-0.39, 0.29) is 0 Å². The molecule has 0 aromatic heterocycles. The predicted octanol–water partition coefficient (Wildman–Crippen LogP) is 3.35. The van der Waals surface area contributed by atoms with Crippen LogP contribution < -0.4 is 5.32 Å². The predicted molar refractivity (Wildman–Crippen MR) is 76.6 cm³/mol. The van der Waals surface area contributed by atoms with Gasteiger partial charge in [0, 0.05) is 6.61 Å². The van der Waals surface area contributed by atoms with E-state index in [4.69, 9.17) is 0 Å². The van der Waals surface area contributed by atoms with Gasteiger partial charge in [-0.05, 0) is 56.5 Å². The van der Waals surface area contributed by atoms with Crippen LogP contribution in [0.4, 0.5) is 0 Å². The fourth-order valence-electron chi connectivity index (χ4n) is 3.83. The summed E-state index contributed by atoms with van der Waals surface area (Å²) in [6.45, 7) is 2.76. The van der Waals surface area contributed by atoms with Gasteiger partial charge in [0.05, 0.1) is 0 Å². The zero-order valence-electron chi connectivity index (χ0n) is 11.9. The molecule has 0 aliphatic heterocycles. The maximum atomic E-state index is 9.42. The highest BCUT2D eigenvalue weighted by atomic mass is 16.3. The number of rotatable bonds is 5. The Bertz CT molecular complexity index is 211. The van der Waals surface area contributed by atoms with Gasteiger partial charge in [-0.2, -0.15) is 0 Å². The number of aliphatic hydroxyl groups is 1. The molecule has 2 aliphatic carbocycles. The first kappa shape index (κ1) is 14.3. The second-order valence-electron chi connectivity index (χ2n) is 6.50. The Balaban J connectivity index is 1.63. The lowest BCUT2D eigenvalue weighted by atomic mass is 9.79. The highest BCUT2D eigenvalue weighted by Gasteiger charge is 2.24. The van der Waals surface area contributed by atoms with Gasteiger partial charge in [-0.25, -0.2) is 0 Å². The molecule has 2 saturated carbocycles. The van der Waals surface area contributed by atoms with E-state index < -0.39 is 0 Å². The Morgan fingerprint density at radius 3 is 2.00 bits per heavy atom. The van der Waals surface area contributed by atoms with Gasteiger partial charge in [-0.3, -0.25) is 0 Å². The van der Waals surface area contributed by atoms with Crippen molar-refractivity contribution in [2.75, 3.05) is 19.7 Å². The molecule has 2 unspecified atom stereocenters. The Morgan fingerprint density at radius 1 is 0.722 bits per heavy atom. The highest BCUT2D eigenvalue weighted by molar-refractivity contribution is 4.77. The van der Waals surface area contributed by atoms with Gasteiger partial charge in [0.2, 0.25) is 0 Å². The monoisotopic (exact) mass is 253 g/mol. The molecule has 0 radical (unpaired) electrons. The fraction of sp³-hybridized carbons (Fsp3) is 1.00. The molecule has 2 aliphatic rings. The SMILES string of the molecule is OCC1CCCCC1CNCC1CCCCCC1. The molecule has 0 spiro atoms. The largest absolute Gasteiger partial charge is 0.396 e. The molecule has 2 atom stereocenters. The summed E-state index contributed by atoms with van der Waals surface area (Å²) in [5.41, 5.74) is 0. The summed E-state index contributed by atoms with van der Waals surface area (Å²) in [4.78, 5) is 0. The van der Waals surface area contributed by atoms with Gasteiger partial charge >= 0.3 is 0 Å². The Morgan fingerprint density at radius 2 is 1.33 bits per heavy atom. The van der Waals surface area contributed by atoms with Gasteiger partial charge in [0.1, 0.15) is 0 Å². The molecule has 2 N–H and O–H groups in total. The van der Waals surface area contributed by atoms with Crippen molar-refractivity contribution in [2.24, 2.45) is 17.8 Å². The molecule has 2 rings (SSSR count). The molecule has 0 aromatic carbocycles. The van der Waals surface area contributed by atoms with E-state index in [1.165, 1.54) is 70.8 Å². The van der Waals surface area contributed by atoms with E-state index >= 15 is 0 Å². The molecule has 0 aromatic rings. The van der Waals surface area contributed by atoms with Crippen LogP contribution in [0.2, 0.25) is 0 Å². The number of hydrogen-bond acceptors (Lipinski definition) is 2. The van der Waals surface area contributed by atoms with Crippen LogP contribution in [0.15, 0.2) is 0 Å². The van der Waals surface area contributed by atoms with E-state index in [0.29, 0.717) is 12.5 Å². The molecule has 106 valence electrons. The lowest BCUT2D eigenvalue weighted by Gasteiger charge is -2.31. The molecule has 0 saturated heterocycles. The van der Waals surface area contributed by atoms with Crippen molar-refractivity contribution in [2.45, 2.75) is 64.2 Å². The first-order valence-electron chi connectivity index (χ1n) is 8.21. The minimum Gasteiger partial charge on any atom is -0.396 e. The van der Waals surface area contributed by atoms with Crippen LogP contribution in [-0.4, -0.2) is 24.8 Å². The van der Waals surface area contributed by atoms with Gasteiger partial charge in [0.25, 0.3) is 0 Å². The van der Waals surface area contributed by atoms with E-state index in [1.807, 2.05) is 0 Å². The van der Waals surface area contributed by atoms with Crippen LogP contribution in [0.5, 0.6) is 0 Å². The summed E-state index contributed by atoms with van der Waals surface area (Å²) in [6, 6.07) is 0. The summed E-state index contributed by atoms with van der Waals surface area (Å²) in [5.74, 6) is 2.22. The van der Waals surface area contributed by atoms with Crippen LogP contribution in [0.25, 0.3) is 0 Å². The van der Waals surface area contributed by atoms with Gasteiger partial charge < -0.3 is 10.4 Å². The van der Waals surface area contributed by atoms with E-state index in [9.17, 15) is 5.11 Å². The normalized spacial score (nSPS) is 31.2. The van der Waals surface area contributed by atoms with Crippen LogP contribution in [0.3, 0.4) is 0 Å². The fourth-order valence-corrected chi connectivity index (χ4v) is 3.83. The van der Waals surface area contributed by atoms with Gasteiger partial charge in [-0.15, -0.1) is 0 Å². The quantitative estimate of drug-likeness (QED) is 0.737. The second-order valence-corrected chi connectivity index (χ2v) is 6.50. The third-order valence-corrected chi connectivity index (χ3v) is 5.12. The highest BCUT2D eigenvalue weighted by Crippen LogP contribution is 2.29. The molecule has 2 nitrogen and oxygen atoms in total. The van der Waals surface area contributed by atoms with Crippen molar-refractivity contribution in [3.05, 3.63) is 0 Å². The van der Waals surface area contributed by atoms with Crippen LogP contribution >= 0.6 is 0 Å². The zero-order chi connectivity index (χ0) is 12.6. The lowest BCUT2D eigenvalue weighted by molar-refractivity contribution is 0.132. The summed E-state index contributed by atoms with van der Waals surface area (Å²) >= 11 is 0. The summed E-state index contributed by atoms with van der Waals surface area (Å²) in [7, 11) is 0. The average molecular weight is 253 g/mol. The minimum absolute atomic E-state index is 0.399. The van der Waals surface area contributed by atoms with Crippen LogP contribution in [0.1, 0.15) is 64.2 Å². The minimum atomic E-state index is 0.399. The van der Waals surface area contributed by atoms with E-state index in [2.05, 4.69) is 5.32 Å². The molecule has 0 bridgehead atoms. The maximum absolute atomic E-state index is 9.42.